The third kappa shape index (κ3) is 8.83. The highest BCUT2D eigenvalue weighted by Gasteiger charge is 2.39. The molecule has 1 aliphatic rings. The van der Waals surface area contributed by atoms with Crippen molar-refractivity contribution in [3.8, 4) is 17.0 Å². The Morgan fingerprint density at radius 3 is 2.60 bits per heavy atom. The van der Waals surface area contributed by atoms with Crippen LogP contribution in [0.3, 0.4) is 0 Å². The lowest BCUT2D eigenvalue weighted by Gasteiger charge is -2.36. The molecular weight excluding hydrogens is 584 g/mol. The van der Waals surface area contributed by atoms with E-state index in [1.165, 1.54) is 0 Å². The zero-order valence-corrected chi connectivity index (χ0v) is 28.8. The van der Waals surface area contributed by atoms with Crippen molar-refractivity contribution in [3.05, 3.63) is 66.5 Å². The molecule has 3 heterocycles. The summed E-state index contributed by atoms with van der Waals surface area (Å²) in [4.78, 5) is 0. The fourth-order valence-electron chi connectivity index (χ4n) is 5.12. The van der Waals surface area contributed by atoms with E-state index in [0.29, 0.717) is 39.6 Å². The zero-order valence-electron chi connectivity index (χ0n) is 27.8. The van der Waals surface area contributed by atoms with Crippen LogP contribution in [0.5, 0.6) is 5.75 Å². The van der Waals surface area contributed by atoms with Gasteiger partial charge in [-0.3, -0.25) is 4.68 Å². The summed E-state index contributed by atoms with van der Waals surface area (Å²) in [7, 11) is -2.00. The molecule has 2 aromatic carbocycles. The first-order valence-electron chi connectivity index (χ1n) is 16.3. The first-order chi connectivity index (χ1) is 21.6. The average Bonchev–Trinajstić information content (AvgIpc) is 3.64. The van der Waals surface area contributed by atoms with Crippen LogP contribution in [0.2, 0.25) is 18.1 Å². The topological polar surface area (TPSA) is 81.8 Å². The van der Waals surface area contributed by atoms with Gasteiger partial charge < -0.3 is 23.4 Å². The van der Waals surface area contributed by atoms with Crippen molar-refractivity contribution in [2.24, 2.45) is 0 Å². The second kappa shape index (κ2) is 15.0. The molecule has 244 valence electrons. The first kappa shape index (κ1) is 33.3. The second-order valence-electron chi connectivity index (χ2n) is 13.4. The summed E-state index contributed by atoms with van der Waals surface area (Å²) >= 11 is 0. The van der Waals surface area contributed by atoms with Crippen molar-refractivity contribution < 1.29 is 23.4 Å². The van der Waals surface area contributed by atoms with Crippen molar-refractivity contribution in [1.29, 1.82) is 0 Å². The summed E-state index contributed by atoms with van der Waals surface area (Å²) in [6, 6.07) is 16.5. The molecule has 0 saturated carbocycles. The lowest BCUT2D eigenvalue weighted by Crippen LogP contribution is -2.43. The molecule has 0 spiro atoms. The minimum Gasteiger partial charge on any atom is -0.543 e. The lowest BCUT2D eigenvalue weighted by molar-refractivity contribution is -0.0365. The maximum atomic E-state index is 6.68. The number of benzene rings is 2. The van der Waals surface area contributed by atoms with Crippen LogP contribution >= 0.6 is 0 Å². The van der Waals surface area contributed by atoms with Gasteiger partial charge in [0, 0.05) is 23.8 Å². The van der Waals surface area contributed by atoms with E-state index in [4.69, 9.17) is 28.5 Å². The molecule has 9 nitrogen and oxygen atoms in total. The van der Waals surface area contributed by atoms with Crippen molar-refractivity contribution >= 4 is 19.2 Å². The number of fused-ring (bicyclic) bond motifs is 1. The number of hydrogen-bond donors (Lipinski definition) is 0. The van der Waals surface area contributed by atoms with Crippen molar-refractivity contribution in [1.82, 2.24) is 19.6 Å². The smallest absolute Gasteiger partial charge is 0.250 e. The highest BCUT2D eigenvalue weighted by atomic mass is 28.4. The Morgan fingerprint density at radius 1 is 1.02 bits per heavy atom. The van der Waals surface area contributed by atoms with Crippen LogP contribution in [0.1, 0.15) is 58.7 Å². The van der Waals surface area contributed by atoms with Crippen LogP contribution in [0.25, 0.3) is 22.2 Å². The zero-order chi connectivity index (χ0) is 31.9. The molecule has 45 heavy (non-hydrogen) atoms. The predicted octanol–water partition coefficient (Wildman–Crippen LogP) is 7.62. The maximum Gasteiger partial charge on any atom is 0.250 e. The van der Waals surface area contributed by atoms with E-state index in [2.05, 4.69) is 69.3 Å². The molecule has 1 fully saturated rings. The summed E-state index contributed by atoms with van der Waals surface area (Å²) in [5, 5.41) is 10.9. The van der Waals surface area contributed by atoms with Gasteiger partial charge in [-0.05, 0) is 68.1 Å². The summed E-state index contributed by atoms with van der Waals surface area (Å²) < 4.78 is 34.2. The van der Waals surface area contributed by atoms with E-state index < -0.39 is 8.32 Å². The van der Waals surface area contributed by atoms with Crippen LogP contribution in [0, 0.1) is 0 Å². The molecule has 2 aromatic heterocycles. The molecule has 0 radical (unpaired) electrons. The van der Waals surface area contributed by atoms with Crippen molar-refractivity contribution in [2.75, 3.05) is 33.0 Å². The van der Waals surface area contributed by atoms with Crippen LogP contribution in [-0.2, 0) is 32.1 Å². The summed E-state index contributed by atoms with van der Waals surface area (Å²) in [6.45, 7) is 17.5. The molecule has 0 bridgehead atoms. The Hall–Kier alpha value is -3.02. The van der Waals surface area contributed by atoms with E-state index in [1.807, 2.05) is 46.9 Å². The molecule has 2 atom stereocenters. The largest absolute Gasteiger partial charge is 0.543 e. The third-order valence-electron chi connectivity index (χ3n) is 8.75. The molecule has 4 aromatic rings. The van der Waals surface area contributed by atoms with E-state index in [9.17, 15) is 0 Å². The Balaban J connectivity index is 1.17. The number of hydrogen-bond acceptors (Lipinski definition) is 7. The molecule has 1 saturated heterocycles. The first-order valence-corrected chi connectivity index (χ1v) is 19.2. The molecule has 10 heteroatoms. The Bertz CT molecular complexity index is 1490. The molecule has 5 rings (SSSR count). The monoisotopic (exact) mass is 634 g/mol. The highest BCUT2D eigenvalue weighted by Crippen LogP contribution is 2.39. The molecule has 1 unspecified atom stereocenters. The fraction of sp³-hybridized carbons (Fsp3) is 0.543. The predicted molar refractivity (Wildman–Crippen MR) is 180 cm³/mol. The SMILES string of the molecule is C[C@@H](COCc1ccccc1)OCCOCCn1cc(-c2nn(C3CCCCO3)c3ccc(O[Si](C)(C)C(C)(C)C)cc23)cn1. The van der Waals surface area contributed by atoms with Crippen LogP contribution < -0.4 is 4.43 Å². The van der Waals surface area contributed by atoms with Crippen LogP contribution in [-0.4, -0.2) is 67.0 Å². The second-order valence-corrected chi connectivity index (χ2v) is 18.2. The number of nitrogens with zero attached hydrogens (tertiary/aromatic N) is 4. The Morgan fingerprint density at radius 2 is 1.84 bits per heavy atom. The van der Waals surface area contributed by atoms with Crippen molar-refractivity contribution in [3.63, 3.8) is 0 Å². The maximum absolute atomic E-state index is 6.68. The van der Waals surface area contributed by atoms with Gasteiger partial charge in [0.15, 0.2) is 6.23 Å². The van der Waals surface area contributed by atoms with Crippen LogP contribution in [0.15, 0.2) is 60.9 Å². The normalized spacial score (nSPS) is 16.7. The number of ether oxygens (including phenoxy) is 4. The van der Waals surface area contributed by atoms with Gasteiger partial charge in [-0.15, -0.1) is 0 Å². The van der Waals surface area contributed by atoms with Gasteiger partial charge in [0.25, 0.3) is 0 Å². The van der Waals surface area contributed by atoms with Gasteiger partial charge in [-0.25, -0.2) is 4.68 Å². The van der Waals surface area contributed by atoms with E-state index in [0.717, 1.165) is 59.3 Å². The molecule has 1 aliphatic heterocycles. The average molecular weight is 635 g/mol. The number of aromatic nitrogens is 4. The third-order valence-corrected chi connectivity index (χ3v) is 13.1. The Kier molecular flexibility index (Phi) is 11.1. The van der Waals surface area contributed by atoms with Gasteiger partial charge in [0.05, 0.1) is 57.4 Å². The van der Waals surface area contributed by atoms with Gasteiger partial charge in [-0.1, -0.05) is 51.1 Å². The summed E-state index contributed by atoms with van der Waals surface area (Å²) in [5.41, 5.74) is 4.07. The quantitative estimate of drug-likeness (QED) is 0.0983. The number of rotatable bonds is 15. The van der Waals surface area contributed by atoms with Gasteiger partial charge in [0.1, 0.15) is 11.4 Å². The molecule has 0 N–H and O–H groups in total. The lowest BCUT2D eigenvalue weighted by atomic mass is 10.1. The van der Waals surface area contributed by atoms with Crippen molar-refractivity contribution in [2.45, 2.75) is 90.6 Å². The standard InChI is InChI=1S/C35H50N4O5Si/c1-27(25-41-26-28-12-8-7-9-13-28)42-21-20-40-19-17-38-24-29(23-36-38)34-31-22-30(44-45(5,6)35(2,3)4)15-16-32(31)39(37-34)33-14-10-11-18-43-33/h7-9,12-13,15-16,22-24,27,33H,10-11,14,17-21,25-26H2,1-6H3/t27-,33?/m0/s1. The van der Waals surface area contributed by atoms with E-state index in [1.54, 1.807) is 0 Å². The molecule has 0 amide bonds. The summed E-state index contributed by atoms with van der Waals surface area (Å²) in [5.74, 6) is 0.888. The molecular formula is C35H50N4O5Si. The van der Waals surface area contributed by atoms with Gasteiger partial charge >= 0.3 is 0 Å². The Labute approximate surface area is 268 Å². The van der Waals surface area contributed by atoms with Gasteiger partial charge in [0.2, 0.25) is 8.32 Å². The van der Waals surface area contributed by atoms with Crippen LogP contribution in [0.4, 0.5) is 0 Å². The van der Waals surface area contributed by atoms with E-state index in [-0.39, 0.29) is 17.4 Å². The highest BCUT2D eigenvalue weighted by molar-refractivity contribution is 6.74. The fourth-order valence-corrected chi connectivity index (χ4v) is 6.14. The van der Waals surface area contributed by atoms with Gasteiger partial charge in [-0.2, -0.15) is 10.2 Å². The van der Waals surface area contributed by atoms with E-state index >= 15 is 0 Å². The summed E-state index contributed by atoms with van der Waals surface area (Å²) in [6.07, 6.45) is 7.06. The molecule has 0 aliphatic carbocycles. The minimum atomic E-state index is -2.00. The minimum absolute atomic E-state index is 0.00687.